The molecule has 0 saturated heterocycles. The van der Waals surface area contributed by atoms with E-state index in [4.69, 9.17) is 0 Å². The maximum atomic E-state index is 10.2. The van der Waals surface area contributed by atoms with E-state index in [0.717, 1.165) is 68.6 Å². The van der Waals surface area contributed by atoms with Crippen LogP contribution in [0.1, 0.15) is 12.8 Å². The van der Waals surface area contributed by atoms with Gasteiger partial charge in [0.15, 0.2) is 5.65 Å². The van der Waals surface area contributed by atoms with E-state index in [2.05, 4.69) is 64.4 Å². The van der Waals surface area contributed by atoms with Gasteiger partial charge in [0.25, 0.3) is 0 Å². The summed E-state index contributed by atoms with van der Waals surface area (Å²) in [5, 5.41) is 27.2. The third-order valence-electron chi connectivity index (χ3n) is 6.47. The first-order valence-corrected chi connectivity index (χ1v) is 12.4. The van der Waals surface area contributed by atoms with Crippen LogP contribution in [0.25, 0.3) is 55.7 Å². The van der Waals surface area contributed by atoms with E-state index in [0.29, 0.717) is 11.6 Å². The average molecular weight is 480 g/mol. The van der Waals surface area contributed by atoms with Gasteiger partial charge in [-0.25, -0.2) is 4.98 Å². The minimum Gasteiger partial charge on any atom is -0.374 e. The van der Waals surface area contributed by atoms with Crippen LogP contribution in [-0.4, -0.2) is 41.5 Å². The second-order valence-electron chi connectivity index (χ2n) is 8.90. The highest BCUT2D eigenvalue weighted by Gasteiger charge is 2.29. The number of hydrogen-bond donors (Lipinski definition) is 4. The van der Waals surface area contributed by atoms with Gasteiger partial charge in [0.1, 0.15) is 11.9 Å². The van der Waals surface area contributed by atoms with Crippen molar-refractivity contribution in [3.05, 3.63) is 65.9 Å². The van der Waals surface area contributed by atoms with Crippen molar-refractivity contribution in [1.29, 1.82) is 0 Å². The van der Waals surface area contributed by atoms with Crippen LogP contribution >= 0.6 is 11.3 Å². The number of H-pyrrole nitrogens is 2. The van der Waals surface area contributed by atoms with Crippen molar-refractivity contribution in [3.63, 3.8) is 0 Å². The van der Waals surface area contributed by atoms with Crippen LogP contribution < -0.4 is 5.32 Å². The maximum absolute atomic E-state index is 10.2. The standard InChI is InChI=1S/C26H21N7OS/c34-26(14-1-2-14)30-18-7-16(10-27-12-18)17-8-20-24(32-33-25(20)29-11-17)22-9-19-21(31-22)3-5-28-23(19)15-4-6-35-13-15/h3-14,26,30-31,34H,1-2H2,(H,29,32,33). The lowest BCUT2D eigenvalue weighted by atomic mass is 10.1. The van der Waals surface area contributed by atoms with Crippen LogP contribution in [0.5, 0.6) is 0 Å². The van der Waals surface area contributed by atoms with Crippen LogP contribution in [-0.2, 0) is 0 Å². The number of anilines is 1. The predicted octanol–water partition coefficient (Wildman–Crippen LogP) is 5.43. The summed E-state index contributed by atoms with van der Waals surface area (Å²) < 4.78 is 0. The van der Waals surface area contributed by atoms with Gasteiger partial charge in [0.2, 0.25) is 0 Å². The van der Waals surface area contributed by atoms with Gasteiger partial charge in [-0.05, 0) is 48.6 Å². The summed E-state index contributed by atoms with van der Waals surface area (Å²) in [6, 6.07) is 10.2. The smallest absolute Gasteiger partial charge is 0.155 e. The number of nitrogens with one attached hydrogen (secondary N) is 3. The van der Waals surface area contributed by atoms with Crippen molar-refractivity contribution in [2.45, 2.75) is 19.1 Å². The summed E-state index contributed by atoms with van der Waals surface area (Å²) in [6.45, 7) is 0. The molecule has 1 atom stereocenters. The third kappa shape index (κ3) is 3.65. The van der Waals surface area contributed by atoms with Gasteiger partial charge in [-0.1, -0.05) is 0 Å². The molecular formula is C26H21N7OS. The molecule has 1 unspecified atom stereocenters. The number of aliphatic hydroxyl groups is 1. The van der Waals surface area contributed by atoms with E-state index in [-0.39, 0.29) is 0 Å². The van der Waals surface area contributed by atoms with Gasteiger partial charge in [-0.15, -0.1) is 0 Å². The minimum atomic E-state index is -0.538. The van der Waals surface area contributed by atoms with Gasteiger partial charge < -0.3 is 15.4 Å². The normalized spacial score (nSPS) is 14.5. The van der Waals surface area contributed by atoms with E-state index in [1.54, 1.807) is 23.7 Å². The van der Waals surface area contributed by atoms with Crippen LogP contribution in [0.4, 0.5) is 5.69 Å². The molecule has 1 aliphatic rings. The number of aromatic amines is 2. The van der Waals surface area contributed by atoms with Crippen molar-refractivity contribution < 1.29 is 5.11 Å². The number of thiophene rings is 1. The van der Waals surface area contributed by atoms with Crippen LogP contribution in [0, 0.1) is 5.92 Å². The Labute approximate surface area is 204 Å². The van der Waals surface area contributed by atoms with Crippen molar-refractivity contribution in [2.24, 2.45) is 5.92 Å². The molecule has 8 nitrogen and oxygen atoms in total. The molecule has 0 amide bonds. The molecule has 1 aliphatic carbocycles. The minimum absolute atomic E-state index is 0.330. The number of aromatic nitrogens is 6. The summed E-state index contributed by atoms with van der Waals surface area (Å²) in [6.07, 6.45) is 8.75. The molecule has 6 aromatic heterocycles. The average Bonchev–Trinajstić information content (AvgIpc) is 3.26. The number of aliphatic hydroxyl groups excluding tert-OH is 1. The summed E-state index contributed by atoms with van der Waals surface area (Å²) >= 11 is 1.66. The first-order chi connectivity index (χ1) is 17.2. The Kier molecular flexibility index (Phi) is 4.64. The molecular weight excluding hydrogens is 458 g/mol. The lowest BCUT2D eigenvalue weighted by molar-refractivity contribution is 0.180. The zero-order chi connectivity index (χ0) is 23.4. The first kappa shape index (κ1) is 20.3. The van der Waals surface area contributed by atoms with Gasteiger partial charge in [-0.3, -0.25) is 15.1 Å². The van der Waals surface area contributed by atoms with Crippen LogP contribution in [0.2, 0.25) is 0 Å². The molecule has 0 spiro atoms. The Bertz CT molecular complexity index is 1670. The molecule has 7 rings (SSSR count). The van der Waals surface area contributed by atoms with E-state index in [9.17, 15) is 5.11 Å². The Morgan fingerprint density at radius 1 is 0.971 bits per heavy atom. The zero-order valence-corrected chi connectivity index (χ0v) is 19.4. The highest BCUT2D eigenvalue weighted by molar-refractivity contribution is 7.08. The number of pyridine rings is 3. The number of fused-ring (bicyclic) bond motifs is 2. The van der Waals surface area contributed by atoms with Crippen molar-refractivity contribution in [3.8, 4) is 33.8 Å². The summed E-state index contributed by atoms with van der Waals surface area (Å²) in [5.41, 5.74) is 8.11. The number of nitrogens with zero attached hydrogens (tertiary/aromatic N) is 4. The molecule has 0 aromatic carbocycles. The fourth-order valence-corrected chi connectivity index (χ4v) is 5.10. The molecule has 35 heavy (non-hydrogen) atoms. The quantitative estimate of drug-likeness (QED) is 0.237. The van der Waals surface area contributed by atoms with Gasteiger partial charge in [0.05, 0.1) is 23.3 Å². The molecule has 6 heterocycles. The monoisotopic (exact) mass is 479 g/mol. The molecule has 4 N–H and O–H groups in total. The fraction of sp³-hybridized carbons (Fsp3) is 0.154. The molecule has 1 fully saturated rings. The summed E-state index contributed by atoms with van der Waals surface area (Å²) in [5.74, 6) is 0.330. The lowest BCUT2D eigenvalue weighted by Crippen LogP contribution is -2.20. The van der Waals surface area contributed by atoms with Crippen molar-refractivity contribution in [1.82, 2.24) is 30.1 Å². The highest BCUT2D eigenvalue weighted by atomic mass is 32.1. The van der Waals surface area contributed by atoms with Gasteiger partial charge >= 0.3 is 0 Å². The van der Waals surface area contributed by atoms with Gasteiger partial charge in [-0.2, -0.15) is 16.4 Å². The predicted molar refractivity (Wildman–Crippen MR) is 138 cm³/mol. The molecule has 6 aromatic rings. The molecule has 172 valence electrons. The SMILES string of the molecule is OC(Nc1cncc(-c2cnc3[nH]nc(-c4cc5c(-c6ccsc6)nccc5[nH]4)c3c2)c1)C1CC1. The lowest BCUT2D eigenvalue weighted by Gasteiger charge is -2.13. The van der Waals surface area contributed by atoms with Crippen molar-refractivity contribution in [2.75, 3.05) is 5.32 Å². The second-order valence-corrected chi connectivity index (χ2v) is 9.68. The molecule has 9 heteroatoms. The van der Waals surface area contributed by atoms with Crippen molar-refractivity contribution >= 4 is 39.0 Å². The Morgan fingerprint density at radius 2 is 1.89 bits per heavy atom. The summed E-state index contributed by atoms with van der Waals surface area (Å²) in [4.78, 5) is 17.1. The van der Waals surface area contributed by atoms with Crippen LogP contribution in [0.3, 0.4) is 0 Å². The van der Waals surface area contributed by atoms with Crippen LogP contribution in [0.15, 0.2) is 65.9 Å². The number of hydrogen-bond acceptors (Lipinski definition) is 7. The van der Waals surface area contributed by atoms with E-state index in [1.165, 1.54) is 0 Å². The summed E-state index contributed by atoms with van der Waals surface area (Å²) in [7, 11) is 0. The molecule has 0 bridgehead atoms. The molecule has 0 aliphatic heterocycles. The van der Waals surface area contributed by atoms with Gasteiger partial charge in [0, 0.05) is 62.9 Å². The second kappa shape index (κ2) is 8.00. The molecule has 0 radical (unpaired) electrons. The zero-order valence-electron chi connectivity index (χ0n) is 18.6. The Morgan fingerprint density at radius 3 is 2.74 bits per heavy atom. The maximum Gasteiger partial charge on any atom is 0.155 e. The number of rotatable bonds is 6. The topological polar surface area (TPSA) is 115 Å². The highest BCUT2D eigenvalue weighted by Crippen LogP contribution is 2.35. The van der Waals surface area contributed by atoms with E-state index >= 15 is 0 Å². The molecule has 1 saturated carbocycles. The van der Waals surface area contributed by atoms with E-state index in [1.807, 2.05) is 24.5 Å². The third-order valence-corrected chi connectivity index (χ3v) is 7.15. The first-order valence-electron chi connectivity index (χ1n) is 11.5. The Hall–Kier alpha value is -4.08. The Balaban J connectivity index is 1.28. The van der Waals surface area contributed by atoms with E-state index < -0.39 is 6.23 Å². The largest absolute Gasteiger partial charge is 0.374 e. The fourth-order valence-electron chi connectivity index (χ4n) is 4.45.